The van der Waals surface area contributed by atoms with Gasteiger partial charge >= 0.3 is 6.18 Å². The average Bonchev–Trinajstić information content (AvgIpc) is 3.13. The van der Waals surface area contributed by atoms with Crippen molar-refractivity contribution in [2.45, 2.75) is 43.2 Å². The molecule has 0 aliphatic heterocycles. The Bertz CT molecular complexity index is 972. The zero-order valence-electron chi connectivity index (χ0n) is 14.1. The molecule has 5 nitrogen and oxygen atoms in total. The molecule has 9 heteroatoms. The number of rotatable bonds is 5. The highest BCUT2D eigenvalue weighted by Gasteiger charge is 2.43. The van der Waals surface area contributed by atoms with Crippen molar-refractivity contribution in [3.05, 3.63) is 46.8 Å². The van der Waals surface area contributed by atoms with Gasteiger partial charge in [0.15, 0.2) is 15.5 Å². The lowest BCUT2D eigenvalue weighted by Crippen LogP contribution is -2.16. The van der Waals surface area contributed by atoms with Crippen LogP contribution in [-0.2, 0) is 21.4 Å². The molecule has 0 bridgehead atoms. The first-order valence-corrected chi connectivity index (χ1v) is 9.59. The van der Waals surface area contributed by atoms with Gasteiger partial charge < -0.3 is 4.52 Å². The molecule has 1 aliphatic rings. The van der Waals surface area contributed by atoms with Crippen LogP contribution in [0.5, 0.6) is 0 Å². The minimum Gasteiger partial charge on any atom is -0.360 e. The molecule has 0 spiro atoms. The van der Waals surface area contributed by atoms with Crippen molar-refractivity contribution in [3.63, 3.8) is 0 Å². The van der Waals surface area contributed by atoms with Crippen LogP contribution in [0.2, 0.25) is 0 Å². The molecular weight excluding hydrogens is 371 g/mol. The quantitative estimate of drug-likeness (QED) is 0.730. The Balaban J connectivity index is 2.06. The summed E-state index contributed by atoms with van der Waals surface area (Å²) >= 11 is 0. The molecule has 0 amide bonds. The molecule has 26 heavy (non-hydrogen) atoms. The largest absolute Gasteiger partial charge is 0.417 e. The van der Waals surface area contributed by atoms with Crippen LogP contribution in [0.25, 0.3) is 0 Å². The molecule has 0 unspecified atom stereocenters. The van der Waals surface area contributed by atoms with Gasteiger partial charge in [-0.05, 0) is 31.0 Å². The van der Waals surface area contributed by atoms with Crippen molar-refractivity contribution in [1.82, 2.24) is 5.16 Å². The molecule has 140 valence electrons. The summed E-state index contributed by atoms with van der Waals surface area (Å²) in [5, 5.41) is 3.60. The smallest absolute Gasteiger partial charge is 0.360 e. The summed E-state index contributed by atoms with van der Waals surface area (Å²) in [7, 11) is -3.84. The number of hydrogen-bond acceptors (Lipinski definition) is 5. The highest BCUT2D eigenvalue weighted by molar-refractivity contribution is 7.91. The maximum atomic E-state index is 13.4. The average molecular weight is 387 g/mol. The maximum Gasteiger partial charge on any atom is 0.417 e. The third-order valence-corrected chi connectivity index (χ3v) is 6.35. The maximum absolute atomic E-state index is 13.4. The van der Waals surface area contributed by atoms with E-state index in [1.165, 1.54) is 13.0 Å². The number of nitrogens with zero attached hydrogens (tertiary/aromatic N) is 1. The predicted octanol–water partition coefficient (Wildman–Crippen LogP) is 3.77. The summed E-state index contributed by atoms with van der Waals surface area (Å²) in [5.41, 5.74) is -2.42. The van der Waals surface area contributed by atoms with Crippen LogP contribution in [0.4, 0.5) is 13.2 Å². The van der Waals surface area contributed by atoms with Crippen LogP contribution in [0.1, 0.15) is 54.1 Å². The van der Waals surface area contributed by atoms with Gasteiger partial charge in [-0.15, -0.1) is 0 Å². The number of ketones is 1. The first kappa shape index (κ1) is 18.6. The van der Waals surface area contributed by atoms with Crippen LogP contribution >= 0.6 is 0 Å². The van der Waals surface area contributed by atoms with Crippen LogP contribution in [-0.4, -0.2) is 25.1 Å². The molecule has 1 aromatic carbocycles. The van der Waals surface area contributed by atoms with Gasteiger partial charge in [0.1, 0.15) is 5.76 Å². The SMILES string of the molecule is CCS(=O)(=O)c1ccc(C(=O)c2cc(C3(C)CC3)on2)c(C(F)(F)F)c1. The van der Waals surface area contributed by atoms with E-state index in [4.69, 9.17) is 4.52 Å². The van der Waals surface area contributed by atoms with Crippen molar-refractivity contribution in [1.29, 1.82) is 0 Å². The number of carbonyl (C=O) groups is 1. The lowest BCUT2D eigenvalue weighted by Gasteiger charge is -2.13. The highest BCUT2D eigenvalue weighted by Crippen LogP contribution is 2.47. The molecule has 0 saturated heterocycles. The number of halogens is 3. The van der Waals surface area contributed by atoms with Gasteiger partial charge in [0, 0.05) is 17.0 Å². The van der Waals surface area contributed by atoms with Crippen molar-refractivity contribution >= 4 is 15.6 Å². The van der Waals surface area contributed by atoms with E-state index in [1.54, 1.807) is 0 Å². The van der Waals surface area contributed by atoms with E-state index in [0.29, 0.717) is 11.8 Å². The Labute approximate surface area is 148 Å². The molecule has 0 N–H and O–H groups in total. The highest BCUT2D eigenvalue weighted by atomic mass is 32.2. The Morgan fingerprint density at radius 1 is 1.27 bits per heavy atom. The topological polar surface area (TPSA) is 77.2 Å². The van der Waals surface area contributed by atoms with Crippen LogP contribution in [0, 0.1) is 0 Å². The Morgan fingerprint density at radius 3 is 2.46 bits per heavy atom. The second-order valence-corrected chi connectivity index (χ2v) is 8.85. The fourth-order valence-corrected chi connectivity index (χ4v) is 3.46. The minimum absolute atomic E-state index is 0.225. The molecular formula is C17H16F3NO4S. The zero-order valence-corrected chi connectivity index (χ0v) is 14.9. The van der Waals surface area contributed by atoms with Crippen LogP contribution in [0.3, 0.4) is 0 Å². The Hall–Kier alpha value is -2.16. The van der Waals surface area contributed by atoms with E-state index in [9.17, 15) is 26.4 Å². The second-order valence-electron chi connectivity index (χ2n) is 6.57. The fraction of sp³-hybridized carbons (Fsp3) is 0.412. The van der Waals surface area contributed by atoms with Crippen LogP contribution in [0.15, 0.2) is 33.7 Å². The number of alkyl halides is 3. The minimum atomic E-state index is -4.89. The molecule has 1 aromatic heterocycles. The van der Waals surface area contributed by atoms with E-state index in [0.717, 1.165) is 25.0 Å². The second kappa shape index (κ2) is 5.94. The van der Waals surface area contributed by atoms with Crippen molar-refractivity contribution < 1.29 is 30.9 Å². The number of benzene rings is 1. The number of hydrogen-bond donors (Lipinski definition) is 0. The first-order chi connectivity index (χ1) is 12.0. The van der Waals surface area contributed by atoms with Crippen molar-refractivity contribution in [2.75, 3.05) is 5.75 Å². The molecule has 1 heterocycles. The van der Waals surface area contributed by atoms with E-state index in [2.05, 4.69) is 5.16 Å². The lowest BCUT2D eigenvalue weighted by atomic mass is 10.00. The van der Waals surface area contributed by atoms with Gasteiger partial charge in [-0.1, -0.05) is 19.0 Å². The normalized spacial score (nSPS) is 16.5. The summed E-state index contributed by atoms with van der Waals surface area (Å²) in [6.07, 6.45) is -3.18. The summed E-state index contributed by atoms with van der Waals surface area (Å²) in [6.45, 7) is 3.24. The molecule has 2 aromatic rings. The molecule has 0 atom stereocenters. The number of carbonyl (C=O) groups excluding carboxylic acids is 1. The van der Waals surface area contributed by atoms with Crippen molar-refractivity contribution in [2.24, 2.45) is 0 Å². The van der Waals surface area contributed by atoms with Gasteiger partial charge in [0.2, 0.25) is 5.78 Å². The van der Waals surface area contributed by atoms with Gasteiger partial charge in [0.05, 0.1) is 16.2 Å². The van der Waals surface area contributed by atoms with E-state index < -0.39 is 37.8 Å². The predicted molar refractivity (Wildman–Crippen MR) is 85.7 cm³/mol. The lowest BCUT2D eigenvalue weighted by molar-refractivity contribution is -0.138. The number of aromatic nitrogens is 1. The van der Waals surface area contributed by atoms with Crippen LogP contribution < -0.4 is 0 Å². The molecule has 1 fully saturated rings. The summed E-state index contributed by atoms with van der Waals surface area (Å²) in [5.74, 6) is -0.848. The zero-order chi connectivity index (χ0) is 19.3. The van der Waals surface area contributed by atoms with Crippen molar-refractivity contribution in [3.8, 4) is 0 Å². The molecule has 3 rings (SSSR count). The summed E-state index contributed by atoms with van der Waals surface area (Å²) in [4.78, 5) is 12.1. The van der Waals surface area contributed by atoms with E-state index in [1.807, 2.05) is 6.92 Å². The van der Waals surface area contributed by atoms with Gasteiger partial charge in [0.25, 0.3) is 0 Å². The van der Waals surface area contributed by atoms with E-state index in [-0.39, 0.29) is 16.9 Å². The van der Waals surface area contributed by atoms with Gasteiger partial charge in [-0.2, -0.15) is 13.2 Å². The van der Waals surface area contributed by atoms with E-state index >= 15 is 0 Å². The monoisotopic (exact) mass is 387 g/mol. The summed E-state index contributed by atoms with van der Waals surface area (Å²) < 4.78 is 69.1. The fourth-order valence-electron chi connectivity index (χ4n) is 2.55. The Kier molecular flexibility index (Phi) is 4.25. The van der Waals surface area contributed by atoms with Gasteiger partial charge in [-0.25, -0.2) is 8.42 Å². The van der Waals surface area contributed by atoms with Gasteiger partial charge in [-0.3, -0.25) is 4.79 Å². The molecule has 1 aliphatic carbocycles. The number of sulfone groups is 1. The summed E-state index contributed by atoms with van der Waals surface area (Å²) in [6, 6.07) is 3.73. The Morgan fingerprint density at radius 2 is 1.92 bits per heavy atom. The first-order valence-electron chi connectivity index (χ1n) is 7.94. The third-order valence-electron chi connectivity index (χ3n) is 4.62. The third kappa shape index (κ3) is 3.27. The molecule has 1 saturated carbocycles. The standard InChI is InChI=1S/C17H16F3NO4S/c1-3-26(23,24)10-4-5-11(12(8-10)17(18,19)20)15(22)13-9-14(25-21-13)16(2)6-7-16/h4-5,8-9H,3,6-7H2,1-2H3. The molecule has 0 radical (unpaired) electrons.